The van der Waals surface area contributed by atoms with E-state index in [0.717, 1.165) is 35.0 Å². The second-order valence-electron chi connectivity index (χ2n) is 8.06. The number of nitrogens with zero attached hydrogens (tertiary/aromatic N) is 4. The molecule has 0 bridgehead atoms. The van der Waals surface area contributed by atoms with E-state index in [0.29, 0.717) is 12.1 Å². The minimum atomic E-state index is -0.0834. The summed E-state index contributed by atoms with van der Waals surface area (Å²) in [7, 11) is 6.16. The van der Waals surface area contributed by atoms with E-state index in [4.69, 9.17) is 4.98 Å². The van der Waals surface area contributed by atoms with E-state index in [2.05, 4.69) is 53.4 Å². The molecule has 0 spiro atoms. The zero-order chi connectivity index (χ0) is 22.7. The SMILES string of the molecule is CCc1nc2ccc(C(=O)NCc3cccs3)cn2c1N(C)Cc1ccc(N(C)C)cc1. The Morgan fingerprint density at radius 1 is 1.09 bits per heavy atom. The van der Waals surface area contributed by atoms with Gasteiger partial charge in [0.25, 0.3) is 5.91 Å². The fourth-order valence-electron chi connectivity index (χ4n) is 3.79. The number of aromatic nitrogens is 2. The van der Waals surface area contributed by atoms with E-state index in [9.17, 15) is 4.79 Å². The Morgan fingerprint density at radius 2 is 1.88 bits per heavy atom. The highest BCUT2D eigenvalue weighted by atomic mass is 32.1. The molecule has 4 rings (SSSR count). The lowest BCUT2D eigenvalue weighted by molar-refractivity contribution is 0.0951. The van der Waals surface area contributed by atoms with Gasteiger partial charge in [-0.15, -0.1) is 11.3 Å². The van der Waals surface area contributed by atoms with Crippen molar-refractivity contribution in [2.24, 2.45) is 0 Å². The molecule has 0 atom stereocenters. The zero-order valence-corrected chi connectivity index (χ0v) is 19.8. The highest BCUT2D eigenvalue weighted by molar-refractivity contribution is 7.09. The molecule has 0 aliphatic carbocycles. The number of aryl methyl sites for hydroxylation is 1. The van der Waals surface area contributed by atoms with Crippen molar-refractivity contribution in [3.8, 4) is 0 Å². The van der Waals surface area contributed by atoms with E-state index in [1.807, 2.05) is 54.3 Å². The van der Waals surface area contributed by atoms with Crippen LogP contribution >= 0.6 is 11.3 Å². The average molecular weight is 448 g/mol. The van der Waals surface area contributed by atoms with Crippen LogP contribution in [0, 0.1) is 0 Å². The predicted molar refractivity (Wildman–Crippen MR) is 133 cm³/mol. The number of imidazole rings is 1. The Hall–Kier alpha value is -3.32. The minimum Gasteiger partial charge on any atom is -0.378 e. The second kappa shape index (κ2) is 9.44. The van der Waals surface area contributed by atoms with Crippen molar-refractivity contribution in [2.45, 2.75) is 26.4 Å². The van der Waals surface area contributed by atoms with Gasteiger partial charge in [-0.1, -0.05) is 25.1 Å². The van der Waals surface area contributed by atoms with Crippen LogP contribution in [0.25, 0.3) is 5.65 Å². The number of benzene rings is 1. The Bertz CT molecular complexity index is 1200. The number of hydrogen-bond acceptors (Lipinski definition) is 5. The molecule has 1 N–H and O–H groups in total. The maximum absolute atomic E-state index is 12.8. The quantitative estimate of drug-likeness (QED) is 0.429. The van der Waals surface area contributed by atoms with E-state index in [-0.39, 0.29) is 5.91 Å². The van der Waals surface area contributed by atoms with Gasteiger partial charge < -0.3 is 15.1 Å². The van der Waals surface area contributed by atoms with Crippen LogP contribution in [0.15, 0.2) is 60.1 Å². The molecular weight excluding hydrogens is 418 g/mol. The summed E-state index contributed by atoms with van der Waals surface area (Å²) >= 11 is 1.64. The molecule has 0 radical (unpaired) electrons. The number of anilines is 2. The molecule has 4 aromatic rings. The minimum absolute atomic E-state index is 0.0834. The predicted octanol–water partition coefficient (Wildman–Crippen LogP) is 4.59. The third-order valence-corrected chi connectivity index (χ3v) is 6.37. The molecule has 7 heteroatoms. The number of thiophene rings is 1. The number of amides is 1. The van der Waals surface area contributed by atoms with Crippen molar-refractivity contribution in [3.05, 3.63) is 81.8 Å². The first kappa shape index (κ1) is 21.9. The molecule has 0 unspecified atom stereocenters. The van der Waals surface area contributed by atoms with E-state index in [1.165, 1.54) is 11.3 Å². The first-order valence-corrected chi connectivity index (χ1v) is 11.6. The highest BCUT2D eigenvalue weighted by Gasteiger charge is 2.17. The molecule has 0 saturated heterocycles. The molecule has 0 saturated carbocycles. The van der Waals surface area contributed by atoms with Crippen molar-refractivity contribution in [1.29, 1.82) is 0 Å². The van der Waals surface area contributed by atoms with Crippen molar-refractivity contribution in [1.82, 2.24) is 14.7 Å². The summed E-state index contributed by atoms with van der Waals surface area (Å²) in [6, 6.07) is 16.4. The lowest BCUT2D eigenvalue weighted by atomic mass is 10.2. The fourth-order valence-corrected chi connectivity index (χ4v) is 4.43. The third kappa shape index (κ3) is 4.62. The average Bonchev–Trinajstić information content (AvgIpc) is 3.44. The van der Waals surface area contributed by atoms with Crippen molar-refractivity contribution >= 4 is 34.4 Å². The van der Waals surface area contributed by atoms with Gasteiger partial charge >= 0.3 is 0 Å². The molecule has 166 valence electrons. The molecule has 3 aromatic heterocycles. The number of nitrogens with one attached hydrogen (secondary N) is 1. The molecule has 32 heavy (non-hydrogen) atoms. The normalized spacial score (nSPS) is 11.0. The largest absolute Gasteiger partial charge is 0.378 e. The Labute approximate surface area is 193 Å². The number of rotatable bonds is 8. The van der Waals surface area contributed by atoms with Gasteiger partial charge in [-0.3, -0.25) is 9.20 Å². The number of hydrogen-bond donors (Lipinski definition) is 1. The van der Waals surface area contributed by atoms with E-state index in [1.54, 1.807) is 11.3 Å². The molecule has 1 amide bonds. The van der Waals surface area contributed by atoms with Crippen molar-refractivity contribution in [3.63, 3.8) is 0 Å². The fraction of sp³-hybridized carbons (Fsp3) is 0.280. The van der Waals surface area contributed by atoms with Crippen LogP contribution in [0.5, 0.6) is 0 Å². The monoisotopic (exact) mass is 447 g/mol. The molecule has 3 heterocycles. The first-order chi connectivity index (χ1) is 15.5. The molecule has 0 aliphatic heterocycles. The summed E-state index contributed by atoms with van der Waals surface area (Å²) in [5.74, 6) is 0.937. The summed E-state index contributed by atoms with van der Waals surface area (Å²) in [5.41, 5.74) is 4.90. The van der Waals surface area contributed by atoms with Gasteiger partial charge in [0.2, 0.25) is 0 Å². The van der Waals surface area contributed by atoms with E-state index >= 15 is 0 Å². The van der Waals surface area contributed by atoms with Crippen LogP contribution < -0.4 is 15.1 Å². The Balaban J connectivity index is 1.59. The van der Waals surface area contributed by atoms with Crippen LogP contribution in [0.1, 0.15) is 33.4 Å². The maximum Gasteiger partial charge on any atom is 0.253 e. The second-order valence-corrected chi connectivity index (χ2v) is 9.09. The number of pyridine rings is 1. The van der Waals surface area contributed by atoms with Crippen LogP contribution in [-0.2, 0) is 19.5 Å². The number of carbonyl (C=O) groups excluding carboxylic acids is 1. The summed E-state index contributed by atoms with van der Waals surface area (Å²) < 4.78 is 2.03. The highest BCUT2D eigenvalue weighted by Crippen LogP contribution is 2.25. The van der Waals surface area contributed by atoms with Gasteiger partial charge in [-0.2, -0.15) is 0 Å². The molecular formula is C25H29N5OS. The summed E-state index contributed by atoms with van der Waals surface area (Å²) in [4.78, 5) is 23.0. The molecule has 6 nitrogen and oxygen atoms in total. The Morgan fingerprint density at radius 3 is 2.53 bits per heavy atom. The van der Waals surface area contributed by atoms with E-state index < -0.39 is 0 Å². The van der Waals surface area contributed by atoms with Crippen LogP contribution in [0.3, 0.4) is 0 Å². The number of carbonyl (C=O) groups is 1. The van der Waals surface area contributed by atoms with Crippen molar-refractivity contribution < 1.29 is 4.79 Å². The molecule has 0 fully saturated rings. The third-order valence-electron chi connectivity index (χ3n) is 5.50. The smallest absolute Gasteiger partial charge is 0.253 e. The molecule has 1 aromatic carbocycles. The first-order valence-electron chi connectivity index (χ1n) is 10.7. The van der Waals surface area contributed by atoms with Crippen molar-refractivity contribution in [2.75, 3.05) is 30.9 Å². The van der Waals surface area contributed by atoms with Gasteiger partial charge in [-0.25, -0.2) is 4.98 Å². The number of fused-ring (bicyclic) bond motifs is 1. The topological polar surface area (TPSA) is 52.9 Å². The van der Waals surface area contributed by atoms with Crippen LogP contribution in [0.4, 0.5) is 11.5 Å². The summed E-state index contributed by atoms with van der Waals surface area (Å²) in [6.45, 7) is 3.40. The Kier molecular flexibility index (Phi) is 6.46. The summed E-state index contributed by atoms with van der Waals surface area (Å²) in [5, 5.41) is 5.03. The lowest BCUT2D eigenvalue weighted by Gasteiger charge is -2.21. The maximum atomic E-state index is 12.8. The molecule has 0 aliphatic rings. The standard InChI is InChI=1S/C25H29N5OS/c1-5-22-25(29(4)16-18-8-11-20(12-9-18)28(2)3)30-17-19(10-13-23(30)27-22)24(31)26-15-21-7-6-14-32-21/h6-14,17H,5,15-16H2,1-4H3,(H,26,31). The van der Waals surface area contributed by atoms with Gasteiger partial charge in [0, 0.05) is 44.4 Å². The lowest BCUT2D eigenvalue weighted by Crippen LogP contribution is -2.23. The van der Waals surface area contributed by atoms with Gasteiger partial charge in [0.15, 0.2) is 0 Å². The zero-order valence-electron chi connectivity index (χ0n) is 19.0. The summed E-state index contributed by atoms with van der Waals surface area (Å²) in [6.07, 6.45) is 2.72. The van der Waals surface area contributed by atoms with Gasteiger partial charge in [0.1, 0.15) is 11.5 Å². The van der Waals surface area contributed by atoms with Crippen LogP contribution in [0.2, 0.25) is 0 Å². The van der Waals surface area contributed by atoms with Gasteiger partial charge in [0.05, 0.1) is 17.8 Å². The van der Waals surface area contributed by atoms with Gasteiger partial charge in [-0.05, 0) is 47.7 Å². The van der Waals surface area contributed by atoms with Crippen LogP contribution in [-0.4, -0.2) is 36.4 Å².